The zero-order chi connectivity index (χ0) is 16.3. The van der Waals surface area contributed by atoms with Gasteiger partial charge in [0.25, 0.3) is 0 Å². The largest absolute Gasteiger partial charge is 0.463 e. The highest BCUT2D eigenvalue weighted by molar-refractivity contribution is 5.86. The fourth-order valence-corrected chi connectivity index (χ4v) is 2.34. The molecule has 1 atom stereocenters. The van der Waals surface area contributed by atoms with Gasteiger partial charge in [0.2, 0.25) is 0 Å². The molecule has 0 saturated carbocycles. The Bertz CT molecular complexity index is 602. The highest BCUT2D eigenvalue weighted by Crippen LogP contribution is 2.13. The van der Waals surface area contributed by atoms with E-state index in [0.29, 0.717) is 12.5 Å². The third-order valence-electron chi connectivity index (χ3n) is 3.84. The first-order valence-electron chi connectivity index (χ1n) is 8.18. The zero-order valence-corrected chi connectivity index (χ0v) is 13.7. The molecule has 0 aliphatic carbocycles. The van der Waals surface area contributed by atoms with E-state index in [4.69, 9.17) is 4.74 Å². The molecule has 0 aliphatic heterocycles. The van der Waals surface area contributed by atoms with Gasteiger partial charge in [-0.3, -0.25) is 0 Å². The minimum Gasteiger partial charge on any atom is -0.463 e. The van der Waals surface area contributed by atoms with E-state index in [1.165, 1.54) is 11.6 Å². The van der Waals surface area contributed by atoms with Gasteiger partial charge >= 0.3 is 5.97 Å². The molecule has 120 valence electrons. The highest BCUT2D eigenvalue weighted by Gasteiger charge is 2.04. The number of hydrogen-bond donors (Lipinski definition) is 0. The normalized spacial score (nSPS) is 12.2. The summed E-state index contributed by atoms with van der Waals surface area (Å²) in [5, 5.41) is 0. The van der Waals surface area contributed by atoms with E-state index in [-0.39, 0.29) is 5.97 Å². The van der Waals surface area contributed by atoms with Crippen LogP contribution in [-0.4, -0.2) is 12.6 Å². The van der Waals surface area contributed by atoms with Crippen molar-refractivity contribution in [1.82, 2.24) is 0 Å². The Balaban J connectivity index is 1.62. The first-order chi connectivity index (χ1) is 11.2. The van der Waals surface area contributed by atoms with Gasteiger partial charge in [-0.2, -0.15) is 0 Å². The van der Waals surface area contributed by atoms with Crippen LogP contribution in [0.4, 0.5) is 0 Å². The SMILES string of the molecule is CC(CCOC(=O)/C=C/c1ccccc1)CCc1ccccc1. The summed E-state index contributed by atoms with van der Waals surface area (Å²) in [5.74, 6) is 0.269. The number of hydrogen-bond acceptors (Lipinski definition) is 2. The summed E-state index contributed by atoms with van der Waals surface area (Å²) in [5.41, 5.74) is 2.36. The highest BCUT2D eigenvalue weighted by atomic mass is 16.5. The predicted molar refractivity (Wildman–Crippen MR) is 95.0 cm³/mol. The summed E-state index contributed by atoms with van der Waals surface area (Å²) in [6, 6.07) is 20.2. The van der Waals surface area contributed by atoms with Crippen LogP contribution < -0.4 is 0 Å². The fraction of sp³-hybridized carbons (Fsp3) is 0.286. The minimum absolute atomic E-state index is 0.274. The van der Waals surface area contributed by atoms with E-state index in [0.717, 1.165) is 24.8 Å². The van der Waals surface area contributed by atoms with Crippen LogP contribution in [0.2, 0.25) is 0 Å². The molecule has 0 bridgehead atoms. The molecule has 0 fully saturated rings. The molecule has 0 N–H and O–H groups in total. The van der Waals surface area contributed by atoms with E-state index >= 15 is 0 Å². The van der Waals surface area contributed by atoms with Gasteiger partial charge < -0.3 is 4.74 Å². The van der Waals surface area contributed by atoms with Gasteiger partial charge in [0.05, 0.1) is 6.61 Å². The van der Waals surface area contributed by atoms with Crippen LogP contribution in [0.1, 0.15) is 30.9 Å². The number of benzene rings is 2. The van der Waals surface area contributed by atoms with Crippen molar-refractivity contribution in [3.63, 3.8) is 0 Å². The summed E-state index contributed by atoms with van der Waals surface area (Å²) in [7, 11) is 0. The van der Waals surface area contributed by atoms with Gasteiger partial charge in [0.15, 0.2) is 0 Å². The van der Waals surface area contributed by atoms with Crippen molar-refractivity contribution in [1.29, 1.82) is 0 Å². The lowest BCUT2D eigenvalue weighted by atomic mass is 9.99. The fourth-order valence-electron chi connectivity index (χ4n) is 2.34. The van der Waals surface area contributed by atoms with Crippen LogP contribution in [0, 0.1) is 5.92 Å². The number of esters is 1. The van der Waals surface area contributed by atoms with Crippen LogP contribution >= 0.6 is 0 Å². The predicted octanol–water partition coefficient (Wildman–Crippen LogP) is 4.90. The van der Waals surface area contributed by atoms with Crippen molar-refractivity contribution in [2.45, 2.75) is 26.2 Å². The Labute approximate surface area is 138 Å². The second kappa shape index (κ2) is 9.62. The molecule has 0 heterocycles. The minimum atomic E-state index is -0.274. The maximum atomic E-state index is 11.7. The van der Waals surface area contributed by atoms with Gasteiger partial charge in [-0.1, -0.05) is 67.6 Å². The molecule has 1 unspecified atom stereocenters. The Kier molecular flexibility index (Phi) is 7.12. The molecule has 2 aromatic rings. The molecule has 23 heavy (non-hydrogen) atoms. The Morgan fingerprint density at radius 3 is 2.35 bits per heavy atom. The van der Waals surface area contributed by atoms with Crippen molar-refractivity contribution in [2.75, 3.05) is 6.61 Å². The standard InChI is InChI=1S/C21H24O2/c1-18(12-13-19-8-4-2-5-9-19)16-17-23-21(22)15-14-20-10-6-3-7-11-20/h2-11,14-15,18H,12-13,16-17H2,1H3/b15-14+. The lowest BCUT2D eigenvalue weighted by Crippen LogP contribution is -2.07. The molecular weight excluding hydrogens is 284 g/mol. The number of rotatable bonds is 8. The van der Waals surface area contributed by atoms with Crippen molar-refractivity contribution in [2.24, 2.45) is 5.92 Å². The first kappa shape index (κ1) is 17.0. The smallest absolute Gasteiger partial charge is 0.330 e. The maximum Gasteiger partial charge on any atom is 0.330 e. The third kappa shape index (κ3) is 6.96. The number of aryl methyl sites for hydroxylation is 1. The first-order valence-corrected chi connectivity index (χ1v) is 8.18. The van der Waals surface area contributed by atoms with Crippen molar-refractivity contribution < 1.29 is 9.53 Å². The van der Waals surface area contributed by atoms with Crippen LogP contribution in [0.3, 0.4) is 0 Å². The monoisotopic (exact) mass is 308 g/mol. The van der Waals surface area contributed by atoms with Gasteiger partial charge in [-0.15, -0.1) is 0 Å². The topological polar surface area (TPSA) is 26.3 Å². The molecule has 2 heteroatoms. The average Bonchev–Trinajstić information content (AvgIpc) is 2.60. The average molecular weight is 308 g/mol. The molecule has 2 nitrogen and oxygen atoms in total. The van der Waals surface area contributed by atoms with E-state index < -0.39 is 0 Å². The Hall–Kier alpha value is -2.35. The van der Waals surface area contributed by atoms with Crippen molar-refractivity contribution in [3.8, 4) is 0 Å². The van der Waals surface area contributed by atoms with E-state index in [1.54, 1.807) is 6.08 Å². The maximum absolute atomic E-state index is 11.7. The van der Waals surface area contributed by atoms with Gasteiger partial charge in [0, 0.05) is 6.08 Å². The number of ether oxygens (including phenoxy) is 1. The molecule has 2 aromatic carbocycles. The lowest BCUT2D eigenvalue weighted by Gasteiger charge is -2.11. The second-order valence-electron chi connectivity index (χ2n) is 5.83. The van der Waals surface area contributed by atoms with E-state index in [2.05, 4.69) is 31.2 Å². The molecule has 2 rings (SSSR count). The molecule has 0 amide bonds. The quantitative estimate of drug-likeness (QED) is 0.512. The van der Waals surface area contributed by atoms with Crippen molar-refractivity contribution in [3.05, 3.63) is 77.9 Å². The Morgan fingerprint density at radius 2 is 1.65 bits per heavy atom. The zero-order valence-electron chi connectivity index (χ0n) is 13.7. The Morgan fingerprint density at radius 1 is 1.00 bits per heavy atom. The van der Waals surface area contributed by atoms with Gasteiger partial charge in [-0.25, -0.2) is 4.79 Å². The summed E-state index contributed by atoms with van der Waals surface area (Å²) >= 11 is 0. The van der Waals surface area contributed by atoms with Crippen LogP contribution in [0.15, 0.2) is 66.7 Å². The molecule has 0 aromatic heterocycles. The second-order valence-corrected chi connectivity index (χ2v) is 5.83. The van der Waals surface area contributed by atoms with Gasteiger partial charge in [0.1, 0.15) is 0 Å². The van der Waals surface area contributed by atoms with Gasteiger partial charge in [-0.05, 0) is 42.4 Å². The summed E-state index contributed by atoms with van der Waals surface area (Å²) in [4.78, 5) is 11.7. The summed E-state index contributed by atoms with van der Waals surface area (Å²) in [6.07, 6.45) is 6.36. The van der Waals surface area contributed by atoms with Crippen LogP contribution in [0.25, 0.3) is 6.08 Å². The molecule has 0 aliphatic rings. The van der Waals surface area contributed by atoms with Crippen molar-refractivity contribution >= 4 is 12.0 Å². The summed E-state index contributed by atoms with van der Waals surface area (Å²) in [6.45, 7) is 2.69. The number of carbonyl (C=O) groups is 1. The van der Waals surface area contributed by atoms with E-state index in [9.17, 15) is 4.79 Å². The number of carbonyl (C=O) groups excluding carboxylic acids is 1. The lowest BCUT2D eigenvalue weighted by molar-refractivity contribution is -0.138. The summed E-state index contributed by atoms with van der Waals surface area (Å²) < 4.78 is 5.26. The molecular formula is C21H24O2. The molecule has 0 saturated heterocycles. The third-order valence-corrected chi connectivity index (χ3v) is 3.84. The molecule has 0 spiro atoms. The van der Waals surface area contributed by atoms with Crippen LogP contribution in [0.5, 0.6) is 0 Å². The van der Waals surface area contributed by atoms with Crippen LogP contribution in [-0.2, 0) is 16.0 Å². The van der Waals surface area contributed by atoms with E-state index in [1.807, 2.05) is 36.4 Å². The molecule has 0 radical (unpaired) electrons.